The van der Waals surface area contributed by atoms with Crippen LogP contribution in [0.2, 0.25) is 0 Å². The van der Waals surface area contributed by atoms with Crippen LogP contribution in [-0.4, -0.2) is 24.0 Å². The van der Waals surface area contributed by atoms with Gasteiger partial charge in [-0.15, -0.1) is 12.3 Å². The second-order valence-corrected chi connectivity index (χ2v) is 3.24. The van der Waals surface area contributed by atoms with Crippen molar-refractivity contribution in [2.75, 3.05) is 13.1 Å². The predicted octanol–water partition coefficient (Wildman–Crippen LogP) is 1.35. The lowest BCUT2D eigenvalue weighted by atomic mass is 10.1. The molecule has 1 rings (SSSR count). The summed E-state index contributed by atoms with van der Waals surface area (Å²) in [5, 5.41) is 0. The number of terminal acetylenes is 1. The third kappa shape index (κ3) is 1.52. The molecular formula is C9H15N. The molecule has 0 aliphatic carbocycles. The Morgan fingerprint density at radius 1 is 1.60 bits per heavy atom. The second kappa shape index (κ2) is 3.07. The van der Waals surface area contributed by atoms with Crippen LogP contribution >= 0.6 is 0 Å². The van der Waals surface area contributed by atoms with E-state index in [1.165, 1.54) is 13.0 Å². The molecule has 1 atom stereocenters. The molecule has 0 bridgehead atoms. The van der Waals surface area contributed by atoms with Crippen molar-refractivity contribution >= 4 is 0 Å². The van der Waals surface area contributed by atoms with Gasteiger partial charge in [0.1, 0.15) is 0 Å². The van der Waals surface area contributed by atoms with E-state index < -0.39 is 0 Å². The van der Waals surface area contributed by atoms with Crippen LogP contribution in [0.3, 0.4) is 0 Å². The van der Waals surface area contributed by atoms with Crippen LogP contribution in [0, 0.1) is 18.3 Å². The molecular weight excluding hydrogens is 122 g/mol. The number of rotatable bonds is 1. The standard InChI is InChI=1S/C9H15N/c1-4-9-5-6-10(7-9)8(2)3/h1,8-9H,5-7H2,2-3H3/t9-/m1/s1. The highest BCUT2D eigenvalue weighted by Gasteiger charge is 2.21. The molecule has 0 aromatic heterocycles. The van der Waals surface area contributed by atoms with Crippen molar-refractivity contribution in [1.29, 1.82) is 0 Å². The van der Waals surface area contributed by atoms with Gasteiger partial charge in [-0.3, -0.25) is 4.90 Å². The lowest BCUT2D eigenvalue weighted by molar-refractivity contribution is 0.271. The number of nitrogens with zero attached hydrogens (tertiary/aromatic N) is 1. The zero-order chi connectivity index (χ0) is 7.56. The van der Waals surface area contributed by atoms with Crippen LogP contribution in [0.15, 0.2) is 0 Å². The Labute approximate surface area is 63.4 Å². The largest absolute Gasteiger partial charge is 0.300 e. The summed E-state index contributed by atoms with van der Waals surface area (Å²) in [4.78, 5) is 2.44. The molecule has 1 heteroatoms. The van der Waals surface area contributed by atoms with Gasteiger partial charge in [0.05, 0.1) is 0 Å². The van der Waals surface area contributed by atoms with E-state index >= 15 is 0 Å². The fraction of sp³-hybridized carbons (Fsp3) is 0.778. The van der Waals surface area contributed by atoms with Gasteiger partial charge in [0.15, 0.2) is 0 Å². The van der Waals surface area contributed by atoms with Crippen molar-refractivity contribution in [3.63, 3.8) is 0 Å². The van der Waals surface area contributed by atoms with Gasteiger partial charge in [-0.25, -0.2) is 0 Å². The summed E-state index contributed by atoms with van der Waals surface area (Å²) >= 11 is 0. The summed E-state index contributed by atoms with van der Waals surface area (Å²) in [5.74, 6) is 3.32. The Hall–Kier alpha value is -0.480. The predicted molar refractivity (Wildman–Crippen MR) is 43.6 cm³/mol. The van der Waals surface area contributed by atoms with E-state index in [-0.39, 0.29) is 0 Å². The average Bonchev–Trinajstić information content (AvgIpc) is 2.34. The Kier molecular flexibility index (Phi) is 2.34. The Morgan fingerprint density at radius 3 is 2.60 bits per heavy atom. The molecule has 0 aromatic rings. The minimum Gasteiger partial charge on any atom is -0.300 e. The van der Waals surface area contributed by atoms with Gasteiger partial charge in [-0.05, 0) is 26.8 Å². The molecule has 56 valence electrons. The summed E-state index contributed by atoms with van der Waals surface area (Å²) in [6, 6.07) is 0.665. The Balaban J connectivity index is 2.37. The molecule has 0 saturated carbocycles. The first-order chi connectivity index (χ1) is 4.74. The maximum atomic E-state index is 5.32. The van der Waals surface area contributed by atoms with Gasteiger partial charge in [0, 0.05) is 18.5 Å². The molecule has 0 N–H and O–H groups in total. The van der Waals surface area contributed by atoms with E-state index in [1.54, 1.807) is 0 Å². The first kappa shape index (κ1) is 7.63. The minimum atomic E-state index is 0.516. The third-order valence-electron chi connectivity index (χ3n) is 2.19. The molecule has 0 spiro atoms. The van der Waals surface area contributed by atoms with Gasteiger partial charge < -0.3 is 0 Å². The summed E-state index contributed by atoms with van der Waals surface area (Å²) < 4.78 is 0. The van der Waals surface area contributed by atoms with Crippen molar-refractivity contribution < 1.29 is 0 Å². The van der Waals surface area contributed by atoms with Crippen molar-refractivity contribution in [3.05, 3.63) is 0 Å². The fourth-order valence-corrected chi connectivity index (χ4v) is 1.39. The van der Waals surface area contributed by atoms with Crippen molar-refractivity contribution in [1.82, 2.24) is 4.90 Å². The maximum absolute atomic E-state index is 5.32. The average molecular weight is 137 g/mol. The normalized spacial score (nSPS) is 27.2. The summed E-state index contributed by atoms with van der Waals surface area (Å²) in [6.45, 7) is 6.73. The molecule has 0 unspecified atom stereocenters. The monoisotopic (exact) mass is 137 g/mol. The van der Waals surface area contributed by atoms with E-state index in [9.17, 15) is 0 Å². The van der Waals surface area contributed by atoms with Gasteiger partial charge in [-0.1, -0.05) is 0 Å². The fourth-order valence-electron chi connectivity index (χ4n) is 1.39. The molecule has 1 aliphatic heterocycles. The minimum absolute atomic E-state index is 0.516. The molecule has 10 heavy (non-hydrogen) atoms. The molecule has 0 amide bonds. The number of hydrogen-bond donors (Lipinski definition) is 0. The molecule has 1 heterocycles. The number of hydrogen-bond acceptors (Lipinski definition) is 1. The highest BCUT2D eigenvalue weighted by molar-refractivity contribution is 4.98. The van der Waals surface area contributed by atoms with Crippen molar-refractivity contribution in [2.24, 2.45) is 5.92 Å². The highest BCUT2D eigenvalue weighted by Crippen LogP contribution is 2.16. The third-order valence-corrected chi connectivity index (χ3v) is 2.19. The van der Waals surface area contributed by atoms with Gasteiger partial charge in [0.25, 0.3) is 0 Å². The summed E-state index contributed by atoms with van der Waals surface area (Å²) in [7, 11) is 0. The maximum Gasteiger partial charge on any atom is 0.0339 e. The van der Waals surface area contributed by atoms with Crippen LogP contribution in [0.1, 0.15) is 20.3 Å². The molecule has 1 saturated heterocycles. The molecule has 0 aromatic carbocycles. The van der Waals surface area contributed by atoms with Crippen LogP contribution in [0.25, 0.3) is 0 Å². The SMILES string of the molecule is C#C[C@@H]1CCN(C(C)C)C1. The zero-order valence-corrected chi connectivity index (χ0v) is 6.80. The van der Waals surface area contributed by atoms with E-state index in [4.69, 9.17) is 6.42 Å². The van der Waals surface area contributed by atoms with E-state index in [2.05, 4.69) is 24.7 Å². The van der Waals surface area contributed by atoms with E-state index in [0.29, 0.717) is 12.0 Å². The van der Waals surface area contributed by atoms with Crippen molar-refractivity contribution in [2.45, 2.75) is 26.3 Å². The lowest BCUT2D eigenvalue weighted by Crippen LogP contribution is -2.27. The Bertz CT molecular complexity index is 143. The summed E-state index contributed by atoms with van der Waals surface area (Å²) in [6.07, 6.45) is 6.51. The first-order valence-electron chi connectivity index (χ1n) is 3.94. The topological polar surface area (TPSA) is 3.24 Å². The summed E-state index contributed by atoms with van der Waals surface area (Å²) in [5.41, 5.74) is 0. The highest BCUT2D eigenvalue weighted by atomic mass is 15.2. The van der Waals surface area contributed by atoms with Crippen LogP contribution in [-0.2, 0) is 0 Å². The molecule has 1 fully saturated rings. The van der Waals surface area contributed by atoms with Crippen LogP contribution < -0.4 is 0 Å². The molecule has 0 radical (unpaired) electrons. The van der Waals surface area contributed by atoms with E-state index in [1.807, 2.05) is 0 Å². The molecule has 1 aliphatic rings. The van der Waals surface area contributed by atoms with Crippen LogP contribution in [0.4, 0.5) is 0 Å². The van der Waals surface area contributed by atoms with E-state index in [0.717, 1.165) is 6.54 Å². The Morgan fingerprint density at radius 2 is 2.30 bits per heavy atom. The number of likely N-dealkylation sites (tertiary alicyclic amines) is 1. The first-order valence-corrected chi connectivity index (χ1v) is 3.94. The lowest BCUT2D eigenvalue weighted by Gasteiger charge is -2.18. The zero-order valence-electron chi connectivity index (χ0n) is 6.80. The van der Waals surface area contributed by atoms with Gasteiger partial charge in [-0.2, -0.15) is 0 Å². The molecule has 1 nitrogen and oxygen atoms in total. The van der Waals surface area contributed by atoms with Gasteiger partial charge >= 0.3 is 0 Å². The van der Waals surface area contributed by atoms with Crippen molar-refractivity contribution in [3.8, 4) is 12.3 Å². The quantitative estimate of drug-likeness (QED) is 0.493. The second-order valence-electron chi connectivity index (χ2n) is 3.24. The van der Waals surface area contributed by atoms with Crippen LogP contribution in [0.5, 0.6) is 0 Å². The van der Waals surface area contributed by atoms with Gasteiger partial charge in [0.2, 0.25) is 0 Å². The smallest absolute Gasteiger partial charge is 0.0339 e.